The monoisotopic (exact) mass is 254 g/mol. The molecule has 5 heteroatoms. The van der Waals surface area contributed by atoms with Gasteiger partial charge in [0.2, 0.25) is 0 Å². The molecule has 0 amide bonds. The number of aromatic nitrogens is 3. The zero-order chi connectivity index (χ0) is 13.1. The first-order chi connectivity index (χ1) is 9.36. The number of nitrogens with two attached hydrogens (primary N) is 1. The largest absolute Gasteiger partial charge is 0.361 e. The van der Waals surface area contributed by atoms with Gasteiger partial charge in [-0.1, -0.05) is 23.4 Å². The Bertz CT molecular complexity index is 657. The summed E-state index contributed by atoms with van der Waals surface area (Å²) in [7, 11) is 0. The molecule has 0 radical (unpaired) electrons. The molecule has 2 N–H and O–H groups in total. The van der Waals surface area contributed by atoms with Gasteiger partial charge in [0.15, 0.2) is 0 Å². The van der Waals surface area contributed by atoms with E-state index in [2.05, 4.69) is 10.3 Å². The summed E-state index contributed by atoms with van der Waals surface area (Å²) < 4.78 is 7.02. The summed E-state index contributed by atoms with van der Waals surface area (Å²) in [5, 5.41) is 8.36. The Morgan fingerprint density at radius 3 is 2.84 bits per heavy atom. The summed E-state index contributed by atoms with van der Waals surface area (Å²) in [5.74, 6) is 0.796. The van der Waals surface area contributed by atoms with E-state index in [-0.39, 0.29) is 0 Å². The van der Waals surface area contributed by atoms with Crippen LogP contribution in [0, 0.1) is 0 Å². The number of hydrogen-bond donors (Lipinski definition) is 1. The van der Waals surface area contributed by atoms with Crippen molar-refractivity contribution in [2.24, 2.45) is 5.73 Å². The molecule has 0 aliphatic carbocycles. The van der Waals surface area contributed by atoms with E-state index >= 15 is 0 Å². The minimum atomic E-state index is 0.553. The van der Waals surface area contributed by atoms with E-state index in [4.69, 9.17) is 10.3 Å². The molecular formula is C14H14N4O. The molecule has 0 aliphatic heterocycles. The number of benzene rings is 1. The van der Waals surface area contributed by atoms with E-state index in [1.807, 2.05) is 47.3 Å². The van der Waals surface area contributed by atoms with Crippen molar-refractivity contribution in [1.82, 2.24) is 14.9 Å². The van der Waals surface area contributed by atoms with Gasteiger partial charge in [-0.15, -0.1) is 0 Å². The molecule has 2 aromatic heterocycles. The fourth-order valence-corrected chi connectivity index (χ4v) is 1.89. The predicted molar refractivity (Wildman–Crippen MR) is 71.8 cm³/mol. The summed E-state index contributed by atoms with van der Waals surface area (Å²) in [6.07, 6.45) is 4.40. The van der Waals surface area contributed by atoms with Gasteiger partial charge in [-0.25, -0.2) is 4.68 Å². The Morgan fingerprint density at radius 2 is 2.05 bits per heavy atom. The summed E-state index contributed by atoms with van der Waals surface area (Å²) >= 11 is 0. The maximum absolute atomic E-state index is 5.48. The topological polar surface area (TPSA) is 69.9 Å². The van der Waals surface area contributed by atoms with Gasteiger partial charge in [0.1, 0.15) is 11.5 Å². The lowest BCUT2D eigenvalue weighted by Crippen LogP contribution is -2.01. The molecule has 0 atom stereocenters. The smallest absolute Gasteiger partial charge is 0.138 e. The first-order valence-electron chi connectivity index (χ1n) is 6.13. The molecule has 0 unspecified atom stereocenters. The van der Waals surface area contributed by atoms with Crippen LogP contribution in [0.1, 0.15) is 5.76 Å². The number of hydrogen-bond acceptors (Lipinski definition) is 4. The number of rotatable bonds is 4. The lowest BCUT2D eigenvalue weighted by atomic mass is 10.2. The van der Waals surface area contributed by atoms with Crippen LogP contribution in [-0.2, 0) is 6.42 Å². The van der Waals surface area contributed by atoms with Gasteiger partial charge in [0, 0.05) is 24.2 Å². The molecule has 0 spiro atoms. The van der Waals surface area contributed by atoms with Crippen LogP contribution in [-0.4, -0.2) is 21.5 Å². The lowest BCUT2D eigenvalue weighted by molar-refractivity contribution is 0.386. The first-order valence-corrected chi connectivity index (χ1v) is 6.13. The van der Waals surface area contributed by atoms with Gasteiger partial charge in [0.05, 0.1) is 11.9 Å². The van der Waals surface area contributed by atoms with Crippen LogP contribution in [0.2, 0.25) is 0 Å². The maximum atomic E-state index is 5.48. The highest BCUT2D eigenvalue weighted by Gasteiger charge is 2.08. The van der Waals surface area contributed by atoms with Gasteiger partial charge in [0.25, 0.3) is 0 Å². The summed E-state index contributed by atoms with van der Waals surface area (Å²) in [6, 6.07) is 11.8. The van der Waals surface area contributed by atoms with Crippen LogP contribution in [0.3, 0.4) is 0 Å². The molecule has 2 heterocycles. The predicted octanol–water partition coefficient (Wildman–Crippen LogP) is 2.03. The molecular weight excluding hydrogens is 240 g/mol. The van der Waals surface area contributed by atoms with Crippen molar-refractivity contribution in [3.63, 3.8) is 0 Å². The Morgan fingerprint density at radius 1 is 1.21 bits per heavy atom. The third kappa shape index (κ3) is 2.41. The molecule has 0 saturated carbocycles. The average molecular weight is 254 g/mol. The molecule has 19 heavy (non-hydrogen) atoms. The SMILES string of the molecule is NCCc1cc(-c2cnn(-c3ccccc3)c2)no1. The number of para-hydroxylation sites is 1. The van der Waals surface area contributed by atoms with Crippen molar-refractivity contribution in [1.29, 1.82) is 0 Å². The van der Waals surface area contributed by atoms with Crippen molar-refractivity contribution in [2.75, 3.05) is 6.54 Å². The normalized spacial score (nSPS) is 10.8. The van der Waals surface area contributed by atoms with Crippen molar-refractivity contribution in [3.05, 3.63) is 54.6 Å². The second kappa shape index (κ2) is 5.07. The quantitative estimate of drug-likeness (QED) is 0.773. The van der Waals surface area contributed by atoms with E-state index in [0.717, 1.165) is 22.7 Å². The van der Waals surface area contributed by atoms with E-state index in [1.165, 1.54) is 0 Å². The van der Waals surface area contributed by atoms with Gasteiger partial charge < -0.3 is 10.3 Å². The van der Waals surface area contributed by atoms with Crippen molar-refractivity contribution >= 4 is 0 Å². The highest BCUT2D eigenvalue weighted by molar-refractivity contribution is 5.57. The Kier molecular flexibility index (Phi) is 3.12. The summed E-state index contributed by atoms with van der Waals surface area (Å²) in [6.45, 7) is 0.553. The molecule has 1 aromatic carbocycles. The first kappa shape index (κ1) is 11.7. The molecule has 0 bridgehead atoms. The standard InChI is InChI=1S/C14H14N4O/c15-7-6-13-8-14(17-19-13)11-9-16-18(10-11)12-4-2-1-3-5-12/h1-5,8-10H,6-7,15H2. The number of nitrogens with zero attached hydrogens (tertiary/aromatic N) is 3. The lowest BCUT2D eigenvalue weighted by Gasteiger charge is -1.98. The Balaban J connectivity index is 1.88. The molecule has 0 aliphatic rings. The van der Waals surface area contributed by atoms with E-state index < -0.39 is 0 Å². The molecule has 0 saturated heterocycles. The maximum Gasteiger partial charge on any atom is 0.138 e. The summed E-state index contributed by atoms with van der Waals surface area (Å²) in [4.78, 5) is 0. The Labute approximate surface area is 110 Å². The zero-order valence-electron chi connectivity index (χ0n) is 10.4. The van der Waals surface area contributed by atoms with Gasteiger partial charge in [-0.3, -0.25) is 0 Å². The fraction of sp³-hybridized carbons (Fsp3) is 0.143. The third-order valence-corrected chi connectivity index (χ3v) is 2.85. The van der Waals surface area contributed by atoms with Crippen LogP contribution >= 0.6 is 0 Å². The molecule has 5 nitrogen and oxygen atoms in total. The van der Waals surface area contributed by atoms with Crippen LogP contribution in [0.25, 0.3) is 16.9 Å². The van der Waals surface area contributed by atoms with Crippen molar-refractivity contribution in [2.45, 2.75) is 6.42 Å². The van der Waals surface area contributed by atoms with E-state index in [1.54, 1.807) is 6.20 Å². The van der Waals surface area contributed by atoms with Crippen molar-refractivity contribution in [3.8, 4) is 16.9 Å². The van der Waals surface area contributed by atoms with Crippen LogP contribution < -0.4 is 5.73 Å². The minimum Gasteiger partial charge on any atom is -0.361 e. The second-order valence-electron chi connectivity index (χ2n) is 4.23. The van der Waals surface area contributed by atoms with Crippen molar-refractivity contribution < 1.29 is 4.52 Å². The highest BCUT2D eigenvalue weighted by atomic mass is 16.5. The molecule has 3 rings (SSSR count). The average Bonchev–Trinajstić information content (AvgIpc) is 3.08. The zero-order valence-corrected chi connectivity index (χ0v) is 10.4. The third-order valence-electron chi connectivity index (χ3n) is 2.85. The van der Waals surface area contributed by atoms with Gasteiger partial charge in [-0.2, -0.15) is 5.10 Å². The summed E-state index contributed by atoms with van der Waals surface area (Å²) in [5.41, 5.74) is 8.21. The minimum absolute atomic E-state index is 0.553. The van der Waals surface area contributed by atoms with Gasteiger partial charge >= 0.3 is 0 Å². The van der Waals surface area contributed by atoms with E-state index in [0.29, 0.717) is 13.0 Å². The second-order valence-corrected chi connectivity index (χ2v) is 4.23. The molecule has 96 valence electrons. The van der Waals surface area contributed by atoms with Crippen LogP contribution in [0.15, 0.2) is 53.3 Å². The molecule has 0 fully saturated rings. The van der Waals surface area contributed by atoms with E-state index in [9.17, 15) is 0 Å². The van der Waals surface area contributed by atoms with Crippen LogP contribution in [0.5, 0.6) is 0 Å². The molecule has 3 aromatic rings. The van der Waals surface area contributed by atoms with Gasteiger partial charge in [-0.05, 0) is 18.7 Å². The fourth-order valence-electron chi connectivity index (χ4n) is 1.89. The van der Waals surface area contributed by atoms with Crippen LogP contribution in [0.4, 0.5) is 0 Å². The highest BCUT2D eigenvalue weighted by Crippen LogP contribution is 2.20. The Hall–Kier alpha value is -2.40.